The van der Waals surface area contributed by atoms with Gasteiger partial charge in [-0.05, 0) is 17.2 Å². The SMILES string of the molecule is OC[C@]1(O)CCN(Cc2cnc(-c3cccc4ccccc34)nc2)C1. The molecule has 1 atom stereocenters. The molecule has 1 fully saturated rings. The van der Waals surface area contributed by atoms with Crippen molar-refractivity contribution in [3.05, 3.63) is 60.4 Å². The van der Waals surface area contributed by atoms with Gasteiger partial charge in [0.1, 0.15) is 5.60 Å². The first-order valence-electron chi connectivity index (χ1n) is 8.52. The lowest BCUT2D eigenvalue weighted by Crippen LogP contribution is -2.36. The van der Waals surface area contributed by atoms with E-state index < -0.39 is 5.60 Å². The van der Waals surface area contributed by atoms with Gasteiger partial charge in [0.15, 0.2) is 5.82 Å². The second kappa shape index (κ2) is 6.52. The van der Waals surface area contributed by atoms with E-state index in [0.717, 1.165) is 23.1 Å². The Kier molecular flexibility index (Phi) is 4.21. The van der Waals surface area contributed by atoms with Crippen LogP contribution in [0.25, 0.3) is 22.2 Å². The Morgan fingerprint density at radius 1 is 1.04 bits per heavy atom. The van der Waals surface area contributed by atoms with Crippen molar-refractivity contribution in [1.82, 2.24) is 14.9 Å². The molecule has 1 saturated heterocycles. The van der Waals surface area contributed by atoms with Crippen LogP contribution in [0.4, 0.5) is 0 Å². The zero-order chi connectivity index (χ0) is 17.3. The molecule has 25 heavy (non-hydrogen) atoms. The highest BCUT2D eigenvalue weighted by Gasteiger charge is 2.35. The quantitative estimate of drug-likeness (QED) is 0.765. The highest BCUT2D eigenvalue weighted by atomic mass is 16.3. The van der Waals surface area contributed by atoms with E-state index in [1.807, 2.05) is 36.7 Å². The molecule has 128 valence electrons. The zero-order valence-corrected chi connectivity index (χ0v) is 14.0. The third-order valence-corrected chi connectivity index (χ3v) is 4.85. The van der Waals surface area contributed by atoms with E-state index in [0.29, 0.717) is 25.3 Å². The van der Waals surface area contributed by atoms with Gasteiger partial charge in [-0.1, -0.05) is 42.5 Å². The molecule has 4 rings (SSSR count). The smallest absolute Gasteiger partial charge is 0.159 e. The lowest BCUT2D eigenvalue weighted by atomic mass is 10.0. The van der Waals surface area contributed by atoms with Gasteiger partial charge in [0.25, 0.3) is 0 Å². The number of likely N-dealkylation sites (tertiary alicyclic amines) is 1. The Bertz CT molecular complexity index is 876. The van der Waals surface area contributed by atoms with Crippen LogP contribution >= 0.6 is 0 Å². The van der Waals surface area contributed by atoms with E-state index >= 15 is 0 Å². The van der Waals surface area contributed by atoms with Gasteiger partial charge in [-0.25, -0.2) is 9.97 Å². The Labute approximate surface area is 146 Å². The van der Waals surface area contributed by atoms with Gasteiger partial charge < -0.3 is 10.2 Å². The number of benzene rings is 2. The average Bonchev–Trinajstić information content (AvgIpc) is 3.03. The van der Waals surface area contributed by atoms with E-state index in [9.17, 15) is 10.2 Å². The second-order valence-corrected chi connectivity index (χ2v) is 6.78. The number of hydrogen-bond acceptors (Lipinski definition) is 5. The molecule has 0 amide bonds. The maximum absolute atomic E-state index is 10.1. The van der Waals surface area contributed by atoms with Crippen LogP contribution in [0.2, 0.25) is 0 Å². The number of nitrogens with zero attached hydrogens (tertiary/aromatic N) is 3. The molecule has 5 heteroatoms. The number of hydrogen-bond donors (Lipinski definition) is 2. The maximum atomic E-state index is 10.1. The Morgan fingerprint density at radius 3 is 2.56 bits per heavy atom. The fraction of sp³-hybridized carbons (Fsp3) is 0.300. The Balaban J connectivity index is 1.54. The van der Waals surface area contributed by atoms with E-state index in [4.69, 9.17) is 0 Å². The minimum Gasteiger partial charge on any atom is -0.393 e. The minimum atomic E-state index is -0.969. The lowest BCUT2D eigenvalue weighted by Gasteiger charge is -2.20. The number of fused-ring (bicyclic) bond motifs is 1. The second-order valence-electron chi connectivity index (χ2n) is 6.78. The lowest BCUT2D eigenvalue weighted by molar-refractivity contribution is -0.00581. The summed E-state index contributed by atoms with van der Waals surface area (Å²) in [6.45, 7) is 1.73. The van der Waals surface area contributed by atoms with Crippen molar-refractivity contribution in [2.24, 2.45) is 0 Å². The van der Waals surface area contributed by atoms with Crippen LogP contribution in [0.15, 0.2) is 54.9 Å². The molecule has 2 heterocycles. The van der Waals surface area contributed by atoms with Crippen molar-refractivity contribution >= 4 is 10.8 Å². The number of aromatic nitrogens is 2. The van der Waals surface area contributed by atoms with Gasteiger partial charge >= 0.3 is 0 Å². The van der Waals surface area contributed by atoms with Crippen LogP contribution in [0, 0.1) is 0 Å². The van der Waals surface area contributed by atoms with E-state index in [2.05, 4.69) is 33.1 Å². The molecule has 0 radical (unpaired) electrons. The summed E-state index contributed by atoms with van der Waals surface area (Å²) >= 11 is 0. The first kappa shape index (κ1) is 16.1. The normalized spacial score (nSPS) is 21.0. The van der Waals surface area contributed by atoms with Gasteiger partial charge in [0, 0.05) is 43.2 Å². The van der Waals surface area contributed by atoms with Gasteiger partial charge in [0.05, 0.1) is 6.61 Å². The van der Waals surface area contributed by atoms with Crippen molar-refractivity contribution in [3.8, 4) is 11.4 Å². The molecular formula is C20H21N3O2. The van der Waals surface area contributed by atoms with Crippen molar-refractivity contribution in [1.29, 1.82) is 0 Å². The molecule has 0 spiro atoms. The number of rotatable bonds is 4. The van der Waals surface area contributed by atoms with E-state index in [-0.39, 0.29) is 6.61 Å². The van der Waals surface area contributed by atoms with Gasteiger partial charge in [-0.3, -0.25) is 4.90 Å². The summed E-state index contributed by atoms with van der Waals surface area (Å²) in [7, 11) is 0. The van der Waals surface area contributed by atoms with E-state index in [1.165, 1.54) is 5.39 Å². The van der Waals surface area contributed by atoms with Gasteiger partial charge in [-0.15, -0.1) is 0 Å². The van der Waals surface area contributed by atoms with Crippen molar-refractivity contribution < 1.29 is 10.2 Å². The average molecular weight is 335 g/mol. The van der Waals surface area contributed by atoms with Crippen LogP contribution in [0.3, 0.4) is 0 Å². The molecule has 0 aliphatic carbocycles. The molecule has 0 saturated carbocycles. The Morgan fingerprint density at radius 2 is 1.80 bits per heavy atom. The highest BCUT2D eigenvalue weighted by molar-refractivity contribution is 5.94. The van der Waals surface area contributed by atoms with E-state index in [1.54, 1.807) is 0 Å². The van der Waals surface area contributed by atoms with Crippen molar-refractivity contribution in [2.75, 3.05) is 19.7 Å². The minimum absolute atomic E-state index is 0.194. The predicted molar refractivity (Wildman–Crippen MR) is 96.9 cm³/mol. The van der Waals surface area contributed by atoms with Crippen LogP contribution in [-0.4, -0.2) is 50.4 Å². The maximum Gasteiger partial charge on any atom is 0.159 e. The first-order valence-corrected chi connectivity index (χ1v) is 8.52. The number of β-amino-alcohol motifs (C(OH)–C–C–N with tert-alkyl or cyclic N) is 1. The first-order chi connectivity index (χ1) is 12.2. The molecule has 3 aromatic rings. The fourth-order valence-corrected chi connectivity index (χ4v) is 3.46. The molecular weight excluding hydrogens is 314 g/mol. The highest BCUT2D eigenvalue weighted by Crippen LogP contribution is 2.26. The molecule has 1 aliphatic heterocycles. The third-order valence-electron chi connectivity index (χ3n) is 4.85. The topological polar surface area (TPSA) is 69.5 Å². The molecule has 2 N–H and O–H groups in total. The third kappa shape index (κ3) is 3.26. The van der Waals surface area contributed by atoms with Crippen molar-refractivity contribution in [3.63, 3.8) is 0 Å². The van der Waals surface area contributed by atoms with Crippen LogP contribution < -0.4 is 0 Å². The molecule has 0 bridgehead atoms. The van der Waals surface area contributed by atoms with Crippen molar-refractivity contribution in [2.45, 2.75) is 18.6 Å². The van der Waals surface area contributed by atoms with Crippen LogP contribution in [0.5, 0.6) is 0 Å². The summed E-state index contributed by atoms with van der Waals surface area (Å²) in [6, 6.07) is 14.4. The van der Waals surface area contributed by atoms with Crippen LogP contribution in [0.1, 0.15) is 12.0 Å². The molecule has 1 aliphatic rings. The van der Waals surface area contributed by atoms with Crippen LogP contribution in [-0.2, 0) is 6.54 Å². The predicted octanol–water partition coefficient (Wildman–Crippen LogP) is 2.23. The summed E-state index contributed by atoms with van der Waals surface area (Å²) < 4.78 is 0. The largest absolute Gasteiger partial charge is 0.393 e. The fourth-order valence-electron chi connectivity index (χ4n) is 3.46. The summed E-state index contributed by atoms with van der Waals surface area (Å²) in [5.41, 5.74) is 1.07. The molecule has 1 aromatic heterocycles. The molecule has 2 aromatic carbocycles. The van der Waals surface area contributed by atoms with Gasteiger partial charge in [0.2, 0.25) is 0 Å². The number of aliphatic hydroxyl groups excluding tert-OH is 1. The summed E-state index contributed by atoms with van der Waals surface area (Å²) in [5, 5.41) is 21.7. The Hall–Kier alpha value is -2.34. The molecule has 0 unspecified atom stereocenters. The molecule has 5 nitrogen and oxygen atoms in total. The monoisotopic (exact) mass is 335 g/mol. The van der Waals surface area contributed by atoms with Gasteiger partial charge in [-0.2, -0.15) is 0 Å². The number of aliphatic hydroxyl groups is 2. The summed E-state index contributed by atoms with van der Waals surface area (Å²) in [4.78, 5) is 11.2. The summed E-state index contributed by atoms with van der Waals surface area (Å²) in [5.74, 6) is 0.717. The standard InChI is InChI=1S/C20H21N3O2/c24-14-20(25)8-9-23(13-20)12-15-10-21-19(22-11-15)18-7-3-5-16-4-1-2-6-17(16)18/h1-7,10-11,24-25H,8-9,12-14H2/t20-/m0/s1. The zero-order valence-electron chi connectivity index (χ0n) is 14.0. The summed E-state index contributed by atoms with van der Waals surface area (Å²) in [6.07, 6.45) is 4.29.